The third kappa shape index (κ3) is 5.11. The van der Waals surface area contributed by atoms with Gasteiger partial charge >= 0.3 is 0 Å². The van der Waals surface area contributed by atoms with Crippen molar-refractivity contribution in [2.75, 3.05) is 14.2 Å². The summed E-state index contributed by atoms with van der Waals surface area (Å²) in [6.45, 7) is 3.97. The molecule has 0 saturated carbocycles. The minimum atomic E-state index is -0.0151. The van der Waals surface area contributed by atoms with Crippen LogP contribution in [0, 0.1) is 17.2 Å². The van der Waals surface area contributed by atoms with E-state index in [1.54, 1.807) is 18.2 Å². The van der Waals surface area contributed by atoms with Crippen molar-refractivity contribution < 1.29 is 9.53 Å². The van der Waals surface area contributed by atoms with E-state index >= 15 is 0 Å². The fourth-order valence-corrected chi connectivity index (χ4v) is 1.77. The Labute approximate surface area is 115 Å². The van der Waals surface area contributed by atoms with Gasteiger partial charge in [0.2, 0.25) is 0 Å². The highest BCUT2D eigenvalue weighted by molar-refractivity contribution is 5.98. The van der Waals surface area contributed by atoms with Crippen molar-refractivity contribution >= 4 is 5.78 Å². The van der Waals surface area contributed by atoms with Crippen molar-refractivity contribution in [3.05, 3.63) is 29.3 Å². The van der Waals surface area contributed by atoms with Gasteiger partial charge in [-0.05, 0) is 31.7 Å². The molecule has 1 atom stereocenters. The average Bonchev–Trinajstić information content (AvgIpc) is 2.48. The van der Waals surface area contributed by atoms with Crippen molar-refractivity contribution in [1.82, 2.24) is 0 Å². The maximum atomic E-state index is 12.1. The van der Waals surface area contributed by atoms with Crippen molar-refractivity contribution in [2.45, 2.75) is 26.7 Å². The van der Waals surface area contributed by atoms with Gasteiger partial charge in [-0.25, -0.2) is 0 Å². The summed E-state index contributed by atoms with van der Waals surface area (Å²) in [5, 5.41) is 8.89. The molecule has 0 fully saturated rings. The summed E-state index contributed by atoms with van der Waals surface area (Å²) < 4.78 is 5.08. The zero-order chi connectivity index (χ0) is 14.8. The maximum absolute atomic E-state index is 12.1. The molecule has 19 heavy (non-hydrogen) atoms. The van der Waals surface area contributed by atoms with Crippen LogP contribution in [0.2, 0.25) is 0 Å². The SMILES string of the molecule is CCCC(C)C(=O)c1cc(C#N)cc(OC)c1.CN. The van der Waals surface area contributed by atoms with Crippen LogP contribution in [0.1, 0.15) is 42.6 Å². The van der Waals surface area contributed by atoms with Crippen LogP contribution >= 0.6 is 0 Å². The number of benzene rings is 1. The van der Waals surface area contributed by atoms with Gasteiger partial charge in [0.25, 0.3) is 0 Å². The minimum Gasteiger partial charge on any atom is -0.497 e. The summed E-state index contributed by atoms with van der Waals surface area (Å²) in [6.07, 6.45) is 1.83. The van der Waals surface area contributed by atoms with E-state index in [9.17, 15) is 4.79 Å². The molecule has 2 N–H and O–H groups in total. The summed E-state index contributed by atoms with van der Waals surface area (Å²) in [6, 6.07) is 6.97. The Kier molecular flexibility index (Phi) is 8.23. The maximum Gasteiger partial charge on any atom is 0.165 e. The number of methoxy groups -OCH3 is 1. The van der Waals surface area contributed by atoms with Crippen LogP contribution in [0.25, 0.3) is 0 Å². The number of carbonyl (C=O) groups is 1. The Morgan fingerprint density at radius 3 is 2.53 bits per heavy atom. The minimum absolute atomic E-state index is 0.0151. The highest BCUT2D eigenvalue weighted by Crippen LogP contribution is 2.20. The van der Waals surface area contributed by atoms with E-state index in [0.717, 1.165) is 12.8 Å². The molecule has 1 unspecified atom stereocenters. The molecule has 0 saturated heterocycles. The first kappa shape index (κ1) is 17.1. The fourth-order valence-electron chi connectivity index (χ4n) is 1.77. The van der Waals surface area contributed by atoms with Crippen LogP contribution in [0.5, 0.6) is 5.75 Å². The number of carbonyl (C=O) groups excluding carboxylic acids is 1. The van der Waals surface area contributed by atoms with E-state index in [4.69, 9.17) is 10.00 Å². The van der Waals surface area contributed by atoms with Crippen molar-refractivity contribution in [2.24, 2.45) is 11.7 Å². The molecular formula is C15H22N2O2. The Hall–Kier alpha value is -1.86. The topological polar surface area (TPSA) is 76.1 Å². The number of hydrogen-bond acceptors (Lipinski definition) is 4. The van der Waals surface area contributed by atoms with E-state index in [-0.39, 0.29) is 11.7 Å². The molecule has 0 bridgehead atoms. The van der Waals surface area contributed by atoms with Crippen LogP contribution < -0.4 is 10.5 Å². The van der Waals surface area contributed by atoms with Crippen LogP contribution in [0.4, 0.5) is 0 Å². The number of ketones is 1. The Morgan fingerprint density at radius 2 is 2.05 bits per heavy atom. The lowest BCUT2D eigenvalue weighted by Gasteiger charge is -2.10. The predicted molar refractivity (Wildman–Crippen MR) is 76.2 cm³/mol. The lowest BCUT2D eigenvalue weighted by molar-refractivity contribution is 0.0923. The molecule has 0 aliphatic rings. The zero-order valence-electron chi connectivity index (χ0n) is 12.1. The summed E-state index contributed by atoms with van der Waals surface area (Å²) >= 11 is 0. The van der Waals surface area contributed by atoms with E-state index < -0.39 is 0 Å². The van der Waals surface area contributed by atoms with Crippen molar-refractivity contribution in [1.29, 1.82) is 5.26 Å². The number of nitrogens with zero attached hydrogens (tertiary/aromatic N) is 1. The first-order chi connectivity index (χ1) is 9.12. The normalized spacial score (nSPS) is 10.7. The van der Waals surface area contributed by atoms with E-state index in [2.05, 4.69) is 12.7 Å². The molecule has 0 aliphatic heterocycles. The second-order valence-corrected chi connectivity index (χ2v) is 4.12. The van der Waals surface area contributed by atoms with Gasteiger partial charge in [0.05, 0.1) is 18.7 Å². The van der Waals surface area contributed by atoms with Crippen LogP contribution in [0.3, 0.4) is 0 Å². The lowest BCUT2D eigenvalue weighted by Crippen LogP contribution is -2.11. The number of hydrogen-bond donors (Lipinski definition) is 1. The largest absolute Gasteiger partial charge is 0.497 e. The quantitative estimate of drug-likeness (QED) is 0.828. The van der Waals surface area contributed by atoms with Gasteiger partial charge in [0, 0.05) is 11.5 Å². The van der Waals surface area contributed by atoms with E-state index in [1.807, 2.05) is 13.0 Å². The summed E-state index contributed by atoms with van der Waals surface area (Å²) in [5.74, 6) is 0.608. The van der Waals surface area contributed by atoms with E-state index in [0.29, 0.717) is 16.9 Å². The Bertz CT molecular complexity index is 450. The predicted octanol–water partition coefficient (Wildman–Crippen LogP) is 2.76. The molecule has 4 nitrogen and oxygen atoms in total. The van der Waals surface area contributed by atoms with Crippen LogP contribution in [0.15, 0.2) is 18.2 Å². The van der Waals surface area contributed by atoms with Gasteiger partial charge in [-0.3, -0.25) is 4.79 Å². The molecule has 0 amide bonds. The molecule has 1 aromatic rings. The smallest absolute Gasteiger partial charge is 0.165 e. The highest BCUT2D eigenvalue weighted by atomic mass is 16.5. The van der Waals surface area contributed by atoms with Crippen LogP contribution in [-0.2, 0) is 0 Å². The number of ether oxygens (including phenoxy) is 1. The Morgan fingerprint density at radius 1 is 1.42 bits per heavy atom. The first-order valence-electron chi connectivity index (χ1n) is 6.33. The van der Waals surface area contributed by atoms with Gasteiger partial charge in [-0.1, -0.05) is 20.3 Å². The second-order valence-electron chi connectivity index (χ2n) is 4.12. The van der Waals surface area contributed by atoms with Gasteiger partial charge in [-0.15, -0.1) is 0 Å². The number of rotatable bonds is 5. The summed E-state index contributed by atoms with van der Waals surface area (Å²) in [7, 11) is 3.03. The lowest BCUT2D eigenvalue weighted by atomic mass is 9.94. The zero-order valence-corrected chi connectivity index (χ0v) is 12.1. The molecule has 104 valence electrons. The van der Waals surface area contributed by atoms with Crippen LogP contribution in [-0.4, -0.2) is 19.9 Å². The second kappa shape index (κ2) is 9.12. The molecule has 0 aromatic heterocycles. The summed E-state index contributed by atoms with van der Waals surface area (Å²) in [5.41, 5.74) is 5.51. The molecule has 0 radical (unpaired) electrons. The standard InChI is InChI=1S/C14H17NO2.CH5N/c1-4-5-10(2)14(16)12-6-11(9-15)7-13(8-12)17-3;1-2/h6-8,10H,4-5H2,1-3H3;2H2,1H3. The molecular weight excluding hydrogens is 240 g/mol. The molecule has 4 heteroatoms. The third-order valence-electron chi connectivity index (χ3n) is 2.73. The van der Waals surface area contributed by atoms with Crippen molar-refractivity contribution in [3.63, 3.8) is 0 Å². The number of nitrogens with two attached hydrogens (primary N) is 1. The Balaban J connectivity index is 0.00000154. The van der Waals surface area contributed by atoms with Gasteiger partial charge in [0.1, 0.15) is 5.75 Å². The van der Waals surface area contributed by atoms with Gasteiger partial charge < -0.3 is 10.5 Å². The monoisotopic (exact) mass is 262 g/mol. The molecule has 0 spiro atoms. The van der Waals surface area contributed by atoms with Gasteiger partial charge in [0.15, 0.2) is 5.78 Å². The first-order valence-corrected chi connectivity index (χ1v) is 6.33. The molecule has 0 aliphatic carbocycles. The molecule has 1 aromatic carbocycles. The molecule has 0 heterocycles. The number of Topliss-reactive ketones (excluding diaryl/α,β-unsaturated/α-hetero) is 1. The van der Waals surface area contributed by atoms with Gasteiger partial charge in [-0.2, -0.15) is 5.26 Å². The van der Waals surface area contributed by atoms with E-state index in [1.165, 1.54) is 14.2 Å². The molecule has 1 rings (SSSR count). The average molecular weight is 262 g/mol. The third-order valence-corrected chi connectivity index (χ3v) is 2.73. The summed E-state index contributed by atoms with van der Waals surface area (Å²) in [4.78, 5) is 12.1. The fraction of sp³-hybridized carbons (Fsp3) is 0.467. The number of nitriles is 1. The highest BCUT2D eigenvalue weighted by Gasteiger charge is 2.15. The van der Waals surface area contributed by atoms with Crippen molar-refractivity contribution in [3.8, 4) is 11.8 Å².